The third-order valence-corrected chi connectivity index (χ3v) is 4.72. The molecule has 1 unspecified atom stereocenters. The molecule has 0 spiro atoms. The number of hydrogen-bond donors (Lipinski definition) is 4. The van der Waals surface area contributed by atoms with Crippen molar-refractivity contribution in [2.75, 3.05) is 17.6 Å². The minimum absolute atomic E-state index is 0.176. The largest absolute Gasteiger partial charge is 0.382 e. The third-order valence-electron chi connectivity index (χ3n) is 3.98. The topological polar surface area (TPSA) is 110 Å². The van der Waals surface area contributed by atoms with E-state index >= 15 is 0 Å². The van der Waals surface area contributed by atoms with Crippen molar-refractivity contribution >= 4 is 51.5 Å². The summed E-state index contributed by atoms with van der Waals surface area (Å²) in [6, 6.07) is 10.5. The first-order chi connectivity index (χ1) is 12.0. The average Bonchev–Trinajstić information content (AvgIpc) is 2.96. The highest BCUT2D eigenvalue weighted by Crippen LogP contribution is 2.29. The predicted octanol–water partition coefficient (Wildman–Crippen LogP) is 3.52. The van der Waals surface area contributed by atoms with Gasteiger partial charge in [0.05, 0.1) is 21.5 Å². The maximum Gasteiger partial charge on any atom is 0.231 e. The molecule has 0 fully saturated rings. The van der Waals surface area contributed by atoms with Gasteiger partial charge in [0, 0.05) is 11.1 Å². The number of nitrogens with two attached hydrogens (primary N) is 2. The van der Waals surface area contributed by atoms with E-state index in [1.165, 1.54) is 0 Å². The Morgan fingerprint density at radius 2 is 2.00 bits per heavy atom. The fourth-order valence-corrected chi connectivity index (χ4v) is 2.99. The SMILES string of the molecule is NCCC(C(=O)Nc1ccc2[nH]nc(N)c2c1)c1ccc(Cl)c(Cl)c1. The number of nitrogens with zero attached hydrogens (tertiary/aromatic N) is 1. The van der Waals surface area contributed by atoms with Gasteiger partial charge in [0.15, 0.2) is 5.82 Å². The molecule has 130 valence electrons. The molecule has 0 bridgehead atoms. The van der Waals surface area contributed by atoms with Gasteiger partial charge in [0.25, 0.3) is 0 Å². The lowest BCUT2D eigenvalue weighted by molar-refractivity contribution is -0.117. The van der Waals surface area contributed by atoms with Gasteiger partial charge in [0.2, 0.25) is 5.91 Å². The van der Waals surface area contributed by atoms with E-state index in [4.69, 9.17) is 34.7 Å². The van der Waals surface area contributed by atoms with Crippen molar-refractivity contribution in [2.24, 2.45) is 5.73 Å². The number of aromatic nitrogens is 2. The summed E-state index contributed by atoms with van der Waals surface area (Å²) < 4.78 is 0. The number of halogens is 2. The number of rotatable bonds is 5. The fourth-order valence-electron chi connectivity index (χ4n) is 2.69. The first-order valence-electron chi connectivity index (χ1n) is 7.69. The highest BCUT2D eigenvalue weighted by atomic mass is 35.5. The summed E-state index contributed by atoms with van der Waals surface area (Å²) in [7, 11) is 0. The van der Waals surface area contributed by atoms with E-state index in [2.05, 4.69) is 15.5 Å². The Morgan fingerprint density at radius 1 is 1.20 bits per heavy atom. The molecule has 3 aromatic rings. The smallest absolute Gasteiger partial charge is 0.231 e. The van der Waals surface area contributed by atoms with Gasteiger partial charge in [-0.1, -0.05) is 29.3 Å². The van der Waals surface area contributed by atoms with Crippen LogP contribution in [0.3, 0.4) is 0 Å². The van der Waals surface area contributed by atoms with Crippen molar-refractivity contribution in [3.8, 4) is 0 Å². The van der Waals surface area contributed by atoms with Crippen LogP contribution in [0.1, 0.15) is 17.9 Å². The van der Waals surface area contributed by atoms with Crippen molar-refractivity contribution in [2.45, 2.75) is 12.3 Å². The van der Waals surface area contributed by atoms with E-state index in [9.17, 15) is 4.79 Å². The Hall–Kier alpha value is -2.28. The Labute approximate surface area is 154 Å². The van der Waals surface area contributed by atoms with E-state index < -0.39 is 5.92 Å². The number of nitrogens with one attached hydrogen (secondary N) is 2. The van der Waals surface area contributed by atoms with Crippen molar-refractivity contribution in [1.29, 1.82) is 0 Å². The van der Waals surface area contributed by atoms with Crippen LogP contribution in [0.5, 0.6) is 0 Å². The maximum absolute atomic E-state index is 12.8. The maximum atomic E-state index is 12.8. The zero-order valence-electron chi connectivity index (χ0n) is 13.2. The molecule has 0 radical (unpaired) electrons. The van der Waals surface area contributed by atoms with Gasteiger partial charge < -0.3 is 16.8 Å². The van der Waals surface area contributed by atoms with Crippen LogP contribution in [-0.2, 0) is 4.79 Å². The Bertz CT molecular complexity index is 925. The molecule has 1 aromatic heterocycles. The molecule has 0 aliphatic heterocycles. The summed E-state index contributed by atoms with van der Waals surface area (Å²) >= 11 is 12.0. The molecule has 1 atom stereocenters. The highest BCUT2D eigenvalue weighted by Gasteiger charge is 2.21. The Morgan fingerprint density at radius 3 is 2.72 bits per heavy atom. The van der Waals surface area contributed by atoms with Crippen molar-refractivity contribution in [3.05, 3.63) is 52.0 Å². The monoisotopic (exact) mass is 377 g/mol. The molecule has 6 N–H and O–H groups in total. The molecule has 0 saturated carbocycles. The van der Waals surface area contributed by atoms with Crippen LogP contribution in [0.25, 0.3) is 10.9 Å². The normalized spacial score (nSPS) is 12.3. The number of fused-ring (bicyclic) bond motifs is 1. The number of hydrogen-bond acceptors (Lipinski definition) is 4. The summed E-state index contributed by atoms with van der Waals surface area (Å²) in [5, 5.41) is 11.3. The van der Waals surface area contributed by atoms with E-state index in [1.807, 2.05) is 6.07 Å². The van der Waals surface area contributed by atoms with Gasteiger partial charge in [0.1, 0.15) is 0 Å². The minimum Gasteiger partial charge on any atom is -0.382 e. The first-order valence-corrected chi connectivity index (χ1v) is 8.44. The lowest BCUT2D eigenvalue weighted by Crippen LogP contribution is -2.23. The quantitative estimate of drug-likeness (QED) is 0.544. The van der Waals surface area contributed by atoms with E-state index in [-0.39, 0.29) is 5.91 Å². The average molecular weight is 378 g/mol. The second kappa shape index (κ2) is 7.31. The molecular formula is C17H17Cl2N5O. The van der Waals surface area contributed by atoms with Crippen LogP contribution in [0.2, 0.25) is 10.0 Å². The van der Waals surface area contributed by atoms with Crippen LogP contribution in [-0.4, -0.2) is 22.6 Å². The molecular weight excluding hydrogens is 361 g/mol. The number of aromatic amines is 1. The van der Waals surface area contributed by atoms with Gasteiger partial charge in [-0.25, -0.2) is 0 Å². The van der Waals surface area contributed by atoms with Crippen LogP contribution < -0.4 is 16.8 Å². The molecule has 0 aliphatic carbocycles. The van der Waals surface area contributed by atoms with Gasteiger partial charge >= 0.3 is 0 Å². The molecule has 1 amide bonds. The summed E-state index contributed by atoms with van der Waals surface area (Å²) in [5.41, 5.74) is 13.7. The van der Waals surface area contributed by atoms with Crippen molar-refractivity contribution in [1.82, 2.24) is 10.2 Å². The van der Waals surface area contributed by atoms with Gasteiger partial charge in [-0.2, -0.15) is 5.10 Å². The van der Waals surface area contributed by atoms with Crippen molar-refractivity contribution in [3.63, 3.8) is 0 Å². The molecule has 2 aromatic carbocycles. The summed E-state index contributed by atoms with van der Waals surface area (Å²) in [6.07, 6.45) is 0.486. The van der Waals surface area contributed by atoms with E-state index in [1.54, 1.807) is 30.3 Å². The first kappa shape index (κ1) is 17.5. The van der Waals surface area contributed by atoms with E-state index in [0.717, 1.165) is 16.5 Å². The number of anilines is 2. The standard InChI is InChI=1S/C17H17Cl2N5O/c18-13-3-1-9(7-14(13)19)11(5-6-20)17(25)22-10-2-4-15-12(8-10)16(21)24-23-15/h1-4,7-8,11H,5-6,20H2,(H,22,25)(H3,21,23,24). The predicted molar refractivity (Wildman–Crippen MR) is 102 cm³/mol. The highest BCUT2D eigenvalue weighted by molar-refractivity contribution is 6.42. The molecule has 6 nitrogen and oxygen atoms in total. The second-order valence-electron chi connectivity index (χ2n) is 5.66. The molecule has 25 heavy (non-hydrogen) atoms. The molecule has 0 aliphatic rings. The number of carbonyl (C=O) groups is 1. The van der Waals surface area contributed by atoms with Crippen LogP contribution in [0.15, 0.2) is 36.4 Å². The van der Waals surface area contributed by atoms with E-state index in [0.29, 0.717) is 34.5 Å². The fraction of sp³-hybridized carbons (Fsp3) is 0.176. The summed E-state index contributed by atoms with van der Waals surface area (Å²) in [4.78, 5) is 12.8. The summed E-state index contributed by atoms with van der Waals surface area (Å²) in [5.74, 6) is -0.225. The van der Waals surface area contributed by atoms with Crippen LogP contribution in [0.4, 0.5) is 11.5 Å². The van der Waals surface area contributed by atoms with Gasteiger partial charge in [-0.05, 0) is 48.9 Å². The number of H-pyrrole nitrogens is 1. The molecule has 0 saturated heterocycles. The number of carbonyl (C=O) groups excluding carboxylic acids is 1. The van der Waals surface area contributed by atoms with Crippen molar-refractivity contribution < 1.29 is 4.79 Å². The van der Waals surface area contributed by atoms with Crippen LogP contribution in [0, 0.1) is 0 Å². The Kier molecular flexibility index (Phi) is 5.13. The van der Waals surface area contributed by atoms with Gasteiger partial charge in [-0.15, -0.1) is 0 Å². The zero-order valence-corrected chi connectivity index (χ0v) is 14.7. The lowest BCUT2D eigenvalue weighted by atomic mass is 9.94. The lowest BCUT2D eigenvalue weighted by Gasteiger charge is -2.17. The zero-order chi connectivity index (χ0) is 18.0. The molecule has 1 heterocycles. The van der Waals surface area contributed by atoms with Gasteiger partial charge in [-0.3, -0.25) is 9.89 Å². The van der Waals surface area contributed by atoms with Crippen LogP contribution >= 0.6 is 23.2 Å². The number of amides is 1. The molecule has 8 heteroatoms. The second-order valence-corrected chi connectivity index (χ2v) is 6.48. The Balaban J connectivity index is 1.86. The third kappa shape index (κ3) is 3.71. The number of nitrogen functional groups attached to an aromatic ring is 1. The molecule has 3 rings (SSSR count). The number of benzene rings is 2. The minimum atomic E-state index is -0.433. The summed E-state index contributed by atoms with van der Waals surface area (Å²) in [6.45, 7) is 0.367.